The third-order valence-corrected chi connectivity index (χ3v) is 7.08. The molecule has 38 heavy (non-hydrogen) atoms. The molecule has 5 rings (SSSR count). The van der Waals surface area contributed by atoms with Gasteiger partial charge in [-0.3, -0.25) is 0 Å². The van der Waals surface area contributed by atoms with Crippen LogP contribution in [0, 0.1) is 6.92 Å². The standard InChI is InChI=1S/C26H27F3N6O2S/c1-14(2)31-5-4-6-35-24-22(23(30)32-12-33-24)34-25(35)38-21-11-20-19(36-13-37-20)10-18(21)16-7-15(3)8-17(9-16)26(27,28)29/h7-12,14,31H,4-6,13H2,1-3H3,(H2,30,32,33). The molecule has 3 heterocycles. The highest BCUT2D eigenvalue weighted by Crippen LogP contribution is 2.46. The molecule has 0 saturated heterocycles. The Balaban J connectivity index is 1.60. The van der Waals surface area contributed by atoms with Crippen molar-refractivity contribution in [3.05, 3.63) is 47.8 Å². The average molecular weight is 545 g/mol. The number of ether oxygens (including phenoxy) is 2. The highest BCUT2D eigenvalue weighted by atomic mass is 32.2. The zero-order valence-corrected chi connectivity index (χ0v) is 21.9. The van der Waals surface area contributed by atoms with Crippen LogP contribution >= 0.6 is 11.8 Å². The maximum Gasteiger partial charge on any atom is 0.416 e. The molecule has 4 aromatic rings. The van der Waals surface area contributed by atoms with Crippen molar-refractivity contribution in [2.75, 3.05) is 19.1 Å². The lowest BCUT2D eigenvalue weighted by Gasteiger charge is -2.15. The van der Waals surface area contributed by atoms with Crippen LogP contribution in [0.5, 0.6) is 11.5 Å². The molecule has 0 bridgehead atoms. The third kappa shape index (κ3) is 5.37. The van der Waals surface area contributed by atoms with Crippen molar-refractivity contribution in [3.8, 4) is 22.6 Å². The third-order valence-electron chi connectivity index (χ3n) is 6.03. The molecule has 1 aliphatic rings. The maximum absolute atomic E-state index is 13.6. The van der Waals surface area contributed by atoms with E-state index in [2.05, 4.69) is 29.1 Å². The molecule has 0 unspecified atom stereocenters. The second kappa shape index (κ2) is 10.3. The number of benzene rings is 2. The van der Waals surface area contributed by atoms with Gasteiger partial charge in [0.2, 0.25) is 6.79 Å². The van der Waals surface area contributed by atoms with Crippen molar-refractivity contribution in [2.24, 2.45) is 0 Å². The smallest absolute Gasteiger partial charge is 0.416 e. The summed E-state index contributed by atoms with van der Waals surface area (Å²) in [5.41, 5.74) is 7.96. The Morgan fingerprint density at radius 3 is 2.61 bits per heavy atom. The van der Waals surface area contributed by atoms with Gasteiger partial charge in [-0.1, -0.05) is 31.7 Å². The molecule has 0 radical (unpaired) electrons. The molecular weight excluding hydrogens is 517 g/mol. The molecule has 0 fully saturated rings. The van der Waals surface area contributed by atoms with Gasteiger partial charge in [0.25, 0.3) is 0 Å². The van der Waals surface area contributed by atoms with Gasteiger partial charge in [-0.2, -0.15) is 13.2 Å². The highest BCUT2D eigenvalue weighted by Gasteiger charge is 2.31. The van der Waals surface area contributed by atoms with Crippen molar-refractivity contribution < 1.29 is 22.6 Å². The lowest BCUT2D eigenvalue weighted by atomic mass is 9.99. The molecule has 0 saturated carbocycles. The molecule has 2 aromatic carbocycles. The van der Waals surface area contributed by atoms with Crippen molar-refractivity contribution in [1.29, 1.82) is 0 Å². The molecule has 200 valence electrons. The number of fused-ring (bicyclic) bond motifs is 2. The van der Waals surface area contributed by atoms with Crippen LogP contribution in [0.1, 0.15) is 31.4 Å². The van der Waals surface area contributed by atoms with Crippen LogP contribution in [0.2, 0.25) is 0 Å². The summed E-state index contributed by atoms with van der Waals surface area (Å²) in [7, 11) is 0. The van der Waals surface area contributed by atoms with Crippen LogP contribution in [0.15, 0.2) is 46.7 Å². The van der Waals surface area contributed by atoms with Gasteiger partial charge in [0.05, 0.1) is 5.56 Å². The van der Waals surface area contributed by atoms with E-state index in [1.165, 1.54) is 18.1 Å². The van der Waals surface area contributed by atoms with Gasteiger partial charge in [-0.15, -0.1) is 0 Å². The van der Waals surface area contributed by atoms with Crippen molar-refractivity contribution in [2.45, 2.75) is 56.0 Å². The van der Waals surface area contributed by atoms with Gasteiger partial charge in [0.15, 0.2) is 33.6 Å². The predicted octanol–water partition coefficient (Wildman–Crippen LogP) is 5.67. The lowest BCUT2D eigenvalue weighted by Crippen LogP contribution is -2.24. The van der Waals surface area contributed by atoms with E-state index in [4.69, 9.17) is 20.2 Å². The summed E-state index contributed by atoms with van der Waals surface area (Å²) < 4.78 is 54.0. The van der Waals surface area contributed by atoms with Crippen LogP contribution < -0.4 is 20.5 Å². The maximum atomic E-state index is 13.6. The SMILES string of the molecule is Cc1cc(-c2cc3c(cc2Sc2nc4c(N)ncnc4n2CCCNC(C)C)OCO3)cc(C(F)(F)F)c1. The number of nitrogen functional groups attached to an aromatic ring is 1. The van der Waals surface area contributed by atoms with Crippen LogP contribution in [0.3, 0.4) is 0 Å². The van der Waals surface area contributed by atoms with Gasteiger partial charge < -0.3 is 25.1 Å². The number of rotatable bonds is 8. The van der Waals surface area contributed by atoms with E-state index in [-0.39, 0.29) is 12.6 Å². The summed E-state index contributed by atoms with van der Waals surface area (Å²) in [6.45, 7) is 7.25. The van der Waals surface area contributed by atoms with Gasteiger partial charge >= 0.3 is 6.18 Å². The topological polar surface area (TPSA) is 100 Å². The quantitative estimate of drug-likeness (QED) is 0.274. The van der Waals surface area contributed by atoms with Crippen molar-refractivity contribution in [3.63, 3.8) is 0 Å². The Labute approximate surface area is 221 Å². The Bertz CT molecular complexity index is 1490. The number of halogens is 3. The van der Waals surface area contributed by atoms with Crippen molar-refractivity contribution in [1.82, 2.24) is 24.8 Å². The molecule has 1 aliphatic heterocycles. The number of hydrogen-bond donors (Lipinski definition) is 2. The fraction of sp³-hybridized carbons (Fsp3) is 0.346. The summed E-state index contributed by atoms with van der Waals surface area (Å²) >= 11 is 1.31. The molecule has 0 amide bonds. The Morgan fingerprint density at radius 2 is 1.87 bits per heavy atom. The first kappa shape index (κ1) is 26.1. The fourth-order valence-electron chi connectivity index (χ4n) is 4.28. The largest absolute Gasteiger partial charge is 0.454 e. The van der Waals surface area contributed by atoms with Crippen LogP contribution in [0.25, 0.3) is 22.3 Å². The number of aromatic nitrogens is 4. The van der Waals surface area contributed by atoms with Crippen molar-refractivity contribution >= 4 is 28.7 Å². The van der Waals surface area contributed by atoms with E-state index in [1.807, 2.05) is 4.57 Å². The van der Waals surface area contributed by atoms with Gasteiger partial charge in [0, 0.05) is 17.5 Å². The number of alkyl halides is 3. The minimum Gasteiger partial charge on any atom is -0.454 e. The zero-order valence-electron chi connectivity index (χ0n) is 21.1. The summed E-state index contributed by atoms with van der Waals surface area (Å²) in [4.78, 5) is 13.9. The summed E-state index contributed by atoms with van der Waals surface area (Å²) in [5.74, 6) is 1.25. The fourth-order valence-corrected chi connectivity index (χ4v) is 5.35. The number of nitrogens with zero attached hydrogens (tertiary/aromatic N) is 4. The Kier molecular flexibility index (Phi) is 7.10. The van der Waals surface area contributed by atoms with E-state index in [1.54, 1.807) is 25.1 Å². The normalized spacial score (nSPS) is 13.1. The molecule has 2 aromatic heterocycles. The first-order valence-electron chi connectivity index (χ1n) is 12.1. The van der Waals surface area contributed by atoms with E-state index in [0.29, 0.717) is 62.0 Å². The molecule has 0 spiro atoms. The number of aryl methyl sites for hydroxylation is 2. The molecule has 3 N–H and O–H groups in total. The van der Waals surface area contributed by atoms with Gasteiger partial charge in [-0.05, 0) is 60.8 Å². The summed E-state index contributed by atoms with van der Waals surface area (Å²) in [5, 5.41) is 4.00. The van der Waals surface area contributed by atoms with Gasteiger partial charge in [-0.25, -0.2) is 15.0 Å². The second-order valence-corrected chi connectivity index (χ2v) is 10.3. The second-order valence-electron chi connectivity index (χ2n) is 9.33. The Hall–Kier alpha value is -3.51. The van der Waals surface area contributed by atoms with Crippen LogP contribution in [0.4, 0.5) is 19.0 Å². The minimum absolute atomic E-state index is 0.0397. The number of nitrogens with two attached hydrogens (primary N) is 1. The molecule has 8 nitrogen and oxygen atoms in total. The van der Waals surface area contributed by atoms with Crippen LogP contribution in [-0.4, -0.2) is 38.9 Å². The Morgan fingerprint density at radius 1 is 1.11 bits per heavy atom. The molecule has 0 aliphatic carbocycles. The lowest BCUT2D eigenvalue weighted by molar-refractivity contribution is -0.137. The zero-order chi connectivity index (χ0) is 27.0. The molecular formula is C26H27F3N6O2S. The monoisotopic (exact) mass is 544 g/mol. The number of nitrogens with one attached hydrogen (secondary N) is 1. The summed E-state index contributed by atoms with van der Waals surface area (Å²) in [6, 6.07) is 7.85. The number of imidazole rings is 1. The minimum atomic E-state index is -4.47. The summed E-state index contributed by atoms with van der Waals surface area (Å²) in [6.07, 6.45) is -2.27. The molecule has 0 atom stereocenters. The highest BCUT2D eigenvalue weighted by molar-refractivity contribution is 7.99. The van der Waals surface area contributed by atoms with E-state index < -0.39 is 11.7 Å². The number of anilines is 1. The van der Waals surface area contributed by atoms with E-state index in [0.717, 1.165) is 25.1 Å². The first-order valence-corrected chi connectivity index (χ1v) is 12.9. The van der Waals surface area contributed by atoms with E-state index >= 15 is 0 Å². The van der Waals surface area contributed by atoms with E-state index in [9.17, 15) is 13.2 Å². The predicted molar refractivity (Wildman–Crippen MR) is 139 cm³/mol. The van der Waals surface area contributed by atoms with Gasteiger partial charge in [0.1, 0.15) is 6.33 Å². The first-order chi connectivity index (χ1) is 18.1. The van der Waals surface area contributed by atoms with Crippen LogP contribution in [-0.2, 0) is 12.7 Å². The number of hydrogen-bond acceptors (Lipinski definition) is 8. The average Bonchev–Trinajstić information content (AvgIpc) is 3.45. The molecule has 12 heteroatoms.